The Kier molecular flexibility index (Phi) is 8.09. The molecule has 10 heteroatoms. The lowest BCUT2D eigenvalue weighted by Gasteiger charge is -2.35. The first-order chi connectivity index (χ1) is 17.4. The molecule has 1 unspecified atom stereocenters. The number of carbonyl (C=O) groups excluding carboxylic acids is 1. The van der Waals surface area contributed by atoms with Gasteiger partial charge in [0.2, 0.25) is 0 Å². The molecular formula is C27H36F3N3O3S. The van der Waals surface area contributed by atoms with E-state index in [9.17, 15) is 22.2 Å². The number of alkyl halides is 3. The minimum absolute atomic E-state index is 0.0119. The predicted molar refractivity (Wildman–Crippen MR) is 138 cm³/mol. The molecular weight excluding hydrogens is 503 g/mol. The second kappa shape index (κ2) is 10.8. The number of pyridine rings is 1. The summed E-state index contributed by atoms with van der Waals surface area (Å²) in [5.74, 6) is 4.15. The molecule has 0 saturated heterocycles. The van der Waals surface area contributed by atoms with E-state index in [1.165, 1.54) is 0 Å². The first-order valence-corrected chi connectivity index (χ1v) is 14.8. The zero-order valence-electron chi connectivity index (χ0n) is 21.6. The van der Waals surface area contributed by atoms with Gasteiger partial charge < -0.3 is 9.73 Å². The largest absolute Gasteiger partial charge is 0.454 e. The average molecular weight is 540 g/mol. The number of amides is 1. The molecule has 3 heterocycles. The minimum atomic E-state index is -4.09. The second-order valence-corrected chi connectivity index (χ2v) is 13.3. The minimum Gasteiger partial charge on any atom is -0.454 e. The van der Waals surface area contributed by atoms with Crippen LogP contribution in [0.5, 0.6) is 0 Å². The molecule has 204 valence electrons. The van der Waals surface area contributed by atoms with Crippen LogP contribution < -0.4 is 5.32 Å². The van der Waals surface area contributed by atoms with Crippen molar-refractivity contribution in [1.82, 2.24) is 15.2 Å². The van der Waals surface area contributed by atoms with Gasteiger partial charge in [-0.1, -0.05) is 20.8 Å². The molecule has 2 atom stereocenters. The van der Waals surface area contributed by atoms with Gasteiger partial charge in [0, 0.05) is 35.5 Å². The summed E-state index contributed by atoms with van der Waals surface area (Å²) in [5, 5.41) is 2.83. The quantitative estimate of drug-likeness (QED) is 0.443. The van der Waals surface area contributed by atoms with Crippen molar-refractivity contribution in [2.75, 3.05) is 12.3 Å². The van der Waals surface area contributed by atoms with Gasteiger partial charge in [-0.15, -0.1) is 0 Å². The van der Waals surface area contributed by atoms with E-state index < -0.39 is 21.6 Å². The monoisotopic (exact) mass is 539 g/mol. The standard InChI is InChI=1S/C27H36F3N3O3S/c1-5-37(4,35)22-11-10-21(31-14-22)13-32-26(34)23-12-19-16-33(24(17(2)3)25(19)36-23)15-18-6-8-20(9-7-18)27(28,29)30/h10-12,14,17-18,20,24H,4-9,13,15-16H2,1-3H3,(H,32,34)/t18?,20?,24-,37?/m1/s1. The molecule has 1 saturated carbocycles. The molecule has 2 aromatic heterocycles. The van der Waals surface area contributed by atoms with Crippen LogP contribution in [-0.2, 0) is 22.6 Å². The summed E-state index contributed by atoms with van der Waals surface area (Å²) in [5.41, 5.74) is 1.59. The number of halogens is 3. The fraction of sp³-hybridized carbons (Fsp3) is 0.593. The molecule has 2 aliphatic rings. The van der Waals surface area contributed by atoms with Crippen molar-refractivity contribution in [2.45, 2.75) is 76.7 Å². The van der Waals surface area contributed by atoms with Crippen molar-refractivity contribution in [3.63, 3.8) is 0 Å². The molecule has 1 aliphatic carbocycles. The maximum absolute atomic E-state index is 13.0. The number of fused-ring (bicyclic) bond motifs is 1. The molecule has 0 radical (unpaired) electrons. The molecule has 1 aliphatic heterocycles. The summed E-state index contributed by atoms with van der Waals surface area (Å²) in [6, 6.07) is 5.22. The molecule has 0 spiro atoms. The van der Waals surface area contributed by atoms with E-state index in [-0.39, 0.29) is 48.9 Å². The zero-order chi connectivity index (χ0) is 27.0. The highest BCUT2D eigenvalue weighted by Gasteiger charge is 2.43. The first-order valence-electron chi connectivity index (χ1n) is 12.9. The second-order valence-electron chi connectivity index (χ2n) is 10.6. The molecule has 1 fully saturated rings. The Labute approximate surface area is 217 Å². The number of nitrogens with one attached hydrogen (secondary N) is 1. The Morgan fingerprint density at radius 1 is 1.27 bits per heavy atom. The van der Waals surface area contributed by atoms with Gasteiger partial charge in [0.25, 0.3) is 5.91 Å². The van der Waals surface area contributed by atoms with Crippen LogP contribution in [0, 0.1) is 17.8 Å². The maximum Gasteiger partial charge on any atom is 0.391 e. The highest BCUT2D eigenvalue weighted by molar-refractivity contribution is 8.00. The summed E-state index contributed by atoms with van der Waals surface area (Å²) in [6.45, 7) is 7.56. The summed E-state index contributed by atoms with van der Waals surface area (Å²) >= 11 is 0. The van der Waals surface area contributed by atoms with Crippen molar-refractivity contribution < 1.29 is 26.6 Å². The first kappa shape index (κ1) is 27.7. The fourth-order valence-electron chi connectivity index (χ4n) is 5.48. The summed E-state index contributed by atoms with van der Waals surface area (Å²) in [4.78, 5) is 20.0. The number of hydrogen-bond acceptors (Lipinski definition) is 5. The van der Waals surface area contributed by atoms with Crippen LogP contribution in [0.1, 0.15) is 80.1 Å². The predicted octanol–water partition coefficient (Wildman–Crippen LogP) is 5.58. The van der Waals surface area contributed by atoms with Crippen molar-refractivity contribution in [3.05, 3.63) is 47.2 Å². The van der Waals surface area contributed by atoms with Crippen LogP contribution in [-0.4, -0.2) is 44.3 Å². The van der Waals surface area contributed by atoms with Crippen molar-refractivity contribution >= 4 is 21.3 Å². The van der Waals surface area contributed by atoms with E-state index in [0.29, 0.717) is 35.7 Å². The van der Waals surface area contributed by atoms with E-state index in [1.54, 1.807) is 24.4 Å². The van der Waals surface area contributed by atoms with Gasteiger partial charge in [0.05, 0.1) is 24.2 Å². The Bertz CT molecular complexity index is 1200. The van der Waals surface area contributed by atoms with Crippen molar-refractivity contribution in [1.29, 1.82) is 0 Å². The number of furan rings is 1. The van der Waals surface area contributed by atoms with E-state index in [1.807, 2.05) is 6.92 Å². The van der Waals surface area contributed by atoms with Crippen LogP contribution in [0.25, 0.3) is 0 Å². The summed E-state index contributed by atoms with van der Waals surface area (Å²) in [7, 11) is -2.34. The van der Waals surface area contributed by atoms with Gasteiger partial charge >= 0.3 is 6.18 Å². The zero-order valence-corrected chi connectivity index (χ0v) is 22.5. The number of rotatable bonds is 8. The topological polar surface area (TPSA) is 75.4 Å². The normalized spacial score (nSPS) is 24.1. The maximum atomic E-state index is 13.0. The number of nitrogens with zero attached hydrogens (tertiary/aromatic N) is 2. The Morgan fingerprint density at radius 3 is 2.54 bits per heavy atom. The molecule has 0 bridgehead atoms. The van der Waals surface area contributed by atoms with Crippen molar-refractivity contribution in [2.24, 2.45) is 17.8 Å². The van der Waals surface area contributed by atoms with E-state index in [0.717, 1.165) is 17.9 Å². The highest BCUT2D eigenvalue weighted by Crippen LogP contribution is 2.44. The molecule has 2 aromatic rings. The van der Waals surface area contributed by atoms with Crippen LogP contribution in [0.4, 0.5) is 13.2 Å². The smallest absolute Gasteiger partial charge is 0.391 e. The van der Waals surface area contributed by atoms with Crippen LogP contribution in [0.2, 0.25) is 0 Å². The van der Waals surface area contributed by atoms with Crippen LogP contribution in [0.3, 0.4) is 0 Å². The number of aromatic nitrogens is 1. The number of carbonyl (C=O) groups is 1. The lowest BCUT2D eigenvalue weighted by molar-refractivity contribution is -0.184. The van der Waals surface area contributed by atoms with Gasteiger partial charge in [0.1, 0.15) is 5.76 Å². The lowest BCUT2D eigenvalue weighted by atomic mass is 9.81. The summed E-state index contributed by atoms with van der Waals surface area (Å²) in [6.07, 6.45) is -0.985. The fourth-order valence-corrected chi connectivity index (χ4v) is 6.37. The van der Waals surface area contributed by atoms with Crippen molar-refractivity contribution in [3.8, 4) is 0 Å². The van der Waals surface area contributed by atoms with Crippen LogP contribution in [0.15, 0.2) is 33.7 Å². The highest BCUT2D eigenvalue weighted by atomic mass is 32.2. The third-order valence-electron chi connectivity index (χ3n) is 7.66. The molecule has 37 heavy (non-hydrogen) atoms. The molecule has 6 nitrogen and oxygen atoms in total. The molecule has 1 N–H and O–H groups in total. The van der Waals surface area contributed by atoms with Gasteiger partial charge in [-0.3, -0.25) is 18.9 Å². The Hall–Kier alpha value is -2.33. The molecule has 0 aromatic carbocycles. The molecule has 1 amide bonds. The van der Waals surface area contributed by atoms with E-state index in [2.05, 4.69) is 34.9 Å². The van der Waals surface area contributed by atoms with Crippen LogP contribution >= 0.6 is 0 Å². The average Bonchev–Trinajstić information content (AvgIpc) is 3.40. The van der Waals surface area contributed by atoms with Gasteiger partial charge in [-0.05, 0) is 71.1 Å². The Morgan fingerprint density at radius 2 is 1.97 bits per heavy atom. The van der Waals surface area contributed by atoms with Gasteiger partial charge in [-0.2, -0.15) is 13.2 Å². The number of hydrogen-bond donors (Lipinski definition) is 1. The third-order valence-corrected chi connectivity index (χ3v) is 9.69. The van der Waals surface area contributed by atoms with Gasteiger partial charge in [-0.25, -0.2) is 0 Å². The van der Waals surface area contributed by atoms with Gasteiger partial charge in [0.15, 0.2) is 5.76 Å². The van der Waals surface area contributed by atoms with E-state index in [4.69, 9.17) is 4.42 Å². The SMILES string of the molecule is C=S(=O)(CC)c1ccc(CNC(=O)c2cc3c(o2)[C@@H](C(C)C)N(CC2CCC(C(F)(F)F)CC2)C3)nc1. The summed E-state index contributed by atoms with van der Waals surface area (Å²) < 4.78 is 57.5. The molecule has 4 rings (SSSR count). The third kappa shape index (κ3) is 6.22. The lowest BCUT2D eigenvalue weighted by Crippen LogP contribution is -2.35. The Balaban J connectivity index is 1.36. The van der Waals surface area contributed by atoms with E-state index >= 15 is 0 Å².